The molecule has 2 aromatic carbocycles. The van der Waals surface area contributed by atoms with E-state index in [0.717, 1.165) is 36.2 Å². The molecule has 1 aliphatic rings. The molecule has 1 saturated heterocycles. The number of piperidine rings is 1. The Hall–Kier alpha value is -2.27. The maximum absolute atomic E-state index is 12.7. The molecule has 1 aliphatic heterocycles. The number of aryl methyl sites for hydroxylation is 1. The van der Waals surface area contributed by atoms with Crippen LogP contribution in [0.4, 0.5) is 5.69 Å². The highest BCUT2D eigenvalue weighted by Gasteiger charge is 2.28. The number of likely N-dealkylation sites (tertiary alicyclic amines) is 1. The van der Waals surface area contributed by atoms with Crippen LogP contribution >= 0.6 is 11.8 Å². The van der Waals surface area contributed by atoms with Crippen molar-refractivity contribution >= 4 is 29.3 Å². The molecule has 5 heteroatoms. The molecule has 1 N–H and O–H groups in total. The van der Waals surface area contributed by atoms with E-state index in [0.29, 0.717) is 12.3 Å². The zero-order chi connectivity index (χ0) is 19.2. The molecule has 0 radical (unpaired) electrons. The third-order valence-corrected chi connectivity index (χ3v) is 5.43. The molecule has 0 bridgehead atoms. The van der Waals surface area contributed by atoms with Gasteiger partial charge in [-0.05, 0) is 49.3 Å². The predicted molar refractivity (Wildman–Crippen MR) is 113 cm³/mol. The van der Waals surface area contributed by atoms with Crippen molar-refractivity contribution in [2.24, 2.45) is 5.92 Å². The van der Waals surface area contributed by atoms with E-state index in [1.54, 1.807) is 0 Å². The Morgan fingerprint density at radius 2 is 1.89 bits per heavy atom. The van der Waals surface area contributed by atoms with Gasteiger partial charge in [-0.1, -0.05) is 42.0 Å². The first-order valence-corrected chi connectivity index (χ1v) is 10.7. The van der Waals surface area contributed by atoms with Crippen LogP contribution in [-0.2, 0) is 9.59 Å². The number of nitrogens with zero attached hydrogens (tertiary/aromatic N) is 1. The van der Waals surface area contributed by atoms with Crippen LogP contribution in [0.3, 0.4) is 0 Å². The summed E-state index contributed by atoms with van der Waals surface area (Å²) in [6.07, 6.45) is 3.63. The molecule has 3 rings (SSSR count). The lowest BCUT2D eigenvalue weighted by Crippen LogP contribution is -2.44. The normalized spacial score (nSPS) is 16.8. The van der Waals surface area contributed by atoms with Crippen molar-refractivity contribution in [2.75, 3.05) is 30.4 Å². The van der Waals surface area contributed by atoms with Gasteiger partial charge >= 0.3 is 0 Å². The molecule has 0 spiro atoms. The summed E-state index contributed by atoms with van der Waals surface area (Å²) in [5, 5.41) is 3.05. The van der Waals surface area contributed by atoms with Crippen LogP contribution in [0.2, 0.25) is 0 Å². The fourth-order valence-corrected chi connectivity index (χ4v) is 3.91. The molecule has 1 heterocycles. The average Bonchev–Trinajstić information content (AvgIpc) is 2.68. The monoisotopic (exact) mass is 382 g/mol. The maximum atomic E-state index is 12.7. The third kappa shape index (κ3) is 5.13. The molecular weight excluding hydrogens is 356 g/mol. The van der Waals surface area contributed by atoms with E-state index >= 15 is 0 Å². The van der Waals surface area contributed by atoms with Crippen LogP contribution in [0, 0.1) is 12.8 Å². The maximum Gasteiger partial charge on any atom is 0.232 e. The third-order valence-electron chi connectivity index (χ3n) is 4.89. The average molecular weight is 383 g/mol. The highest BCUT2D eigenvalue weighted by molar-refractivity contribution is 7.99. The standard InChI is InChI=1S/C22H26N2O2S/c1-16-6-3-7-17(12-16)18-8-4-10-20(13-18)23-22(26)19-9-5-11-24(14-19)21(25)15-27-2/h3-4,6-8,10,12-13,19H,5,9,11,14-15H2,1-2H3,(H,23,26)/t19-/m1/s1. The summed E-state index contributed by atoms with van der Waals surface area (Å²) in [7, 11) is 0. The molecule has 2 amide bonds. The van der Waals surface area contributed by atoms with Gasteiger partial charge in [-0.15, -0.1) is 0 Å². The van der Waals surface area contributed by atoms with Gasteiger partial charge in [-0.2, -0.15) is 11.8 Å². The lowest BCUT2D eigenvalue weighted by molar-refractivity contribution is -0.132. The minimum absolute atomic E-state index is 0.00181. The number of benzene rings is 2. The van der Waals surface area contributed by atoms with Crippen LogP contribution < -0.4 is 5.32 Å². The molecular formula is C22H26N2O2S. The number of amides is 2. The zero-order valence-corrected chi connectivity index (χ0v) is 16.7. The van der Waals surface area contributed by atoms with Crippen LogP contribution in [0.5, 0.6) is 0 Å². The van der Waals surface area contributed by atoms with Crippen LogP contribution in [0.25, 0.3) is 11.1 Å². The Morgan fingerprint density at radius 3 is 2.63 bits per heavy atom. The molecule has 142 valence electrons. The fraction of sp³-hybridized carbons (Fsp3) is 0.364. The van der Waals surface area contributed by atoms with E-state index in [9.17, 15) is 9.59 Å². The van der Waals surface area contributed by atoms with Gasteiger partial charge in [0, 0.05) is 18.8 Å². The molecule has 1 fully saturated rings. The number of carbonyl (C=O) groups is 2. The lowest BCUT2D eigenvalue weighted by Gasteiger charge is -2.32. The van der Waals surface area contributed by atoms with E-state index in [-0.39, 0.29) is 17.7 Å². The first-order valence-electron chi connectivity index (χ1n) is 9.31. The van der Waals surface area contributed by atoms with E-state index in [1.807, 2.05) is 41.5 Å². The van der Waals surface area contributed by atoms with Crippen LogP contribution in [0.15, 0.2) is 48.5 Å². The first-order chi connectivity index (χ1) is 13.1. The minimum atomic E-state index is -0.146. The Morgan fingerprint density at radius 1 is 1.15 bits per heavy atom. The van der Waals surface area contributed by atoms with Gasteiger partial charge in [0.05, 0.1) is 11.7 Å². The molecule has 27 heavy (non-hydrogen) atoms. The molecule has 2 aromatic rings. The summed E-state index contributed by atoms with van der Waals surface area (Å²) in [6.45, 7) is 3.34. The van der Waals surface area contributed by atoms with Crippen molar-refractivity contribution in [1.82, 2.24) is 4.90 Å². The number of hydrogen-bond donors (Lipinski definition) is 1. The van der Waals surface area contributed by atoms with Gasteiger partial charge in [0.25, 0.3) is 0 Å². The van der Waals surface area contributed by atoms with Gasteiger partial charge in [0.1, 0.15) is 0 Å². The number of hydrogen-bond acceptors (Lipinski definition) is 3. The van der Waals surface area contributed by atoms with Crippen molar-refractivity contribution in [1.29, 1.82) is 0 Å². The Bertz CT molecular complexity index is 821. The molecule has 0 unspecified atom stereocenters. The van der Waals surface area contributed by atoms with Crippen molar-refractivity contribution in [3.63, 3.8) is 0 Å². The SMILES string of the molecule is CSCC(=O)N1CCC[C@@H](C(=O)Nc2cccc(-c3cccc(C)c3)c2)C1. The molecule has 0 saturated carbocycles. The second-order valence-electron chi connectivity index (χ2n) is 7.05. The van der Waals surface area contributed by atoms with Gasteiger partial charge in [0.15, 0.2) is 0 Å². The summed E-state index contributed by atoms with van der Waals surface area (Å²) >= 11 is 1.52. The van der Waals surface area contributed by atoms with Crippen LogP contribution in [-0.4, -0.2) is 41.8 Å². The lowest BCUT2D eigenvalue weighted by atomic mass is 9.96. The first kappa shape index (κ1) is 19.5. The molecule has 0 aromatic heterocycles. The number of anilines is 1. The van der Waals surface area contributed by atoms with E-state index in [2.05, 4.69) is 30.4 Å². The van der Waals surface area contributed by atoms with E-state index in [1.165, 1.54) is 17.3 Å². The van der Waals surface area contributed by atoms with Crippen molar-refractivity contribution in [2.45, 2.75) is 19.8 Å². The van der Waals surface area contributed by atoms with Crippen molar-refractivity contribution < 1.29 is 9.59 Å². The summed E-state index contributed by atoms with van der Waals surface area (Å²) in [6, 6.07) is 16.3. The summed E-state index contributed by atoms with van der Waals surface area (Å²) in [5.74, 6) is 0.457. The molecule has 1 atom stereocenters. The van der Waals surface area contributed by atoms with E-state index in [4.69, 9.17) is 0 Å². The Labute approximate surface area is 165 Å². The summed E-state index contributed by atoms with van der Waals surface area (Å²) in [4.78, 5) is 26.7. The topological polar surface area (TPSA) is 49.4 Å². The number of thioether (sulfide) groups is 1. The quantitative estimate of drug-likeness (QED) is 0.843. The second kappa shape index (κ2) is 9.09. The number of rotatable bonds is 5. The highest BCUT2D eigenvalue weighted by Crippen LogP contribution is 2.25. The fourth-order valence-electron chi connectivity index (χ4n) is 3.48. The Kier molecular flexibility index (Phi) is 6.56. The van der Waals surface area contributed by atoms with Crippen LogP contribution in [0.1, 0.15) is 18.4 Å². The van der Waals surface area contributed by atoms with Gasteiger partial charge in [-0.3, -0.25) is 9.59 Å². The Balaban J connectivity index is 1.67. The van der Waals surface area contributed by atoms with Crippen molar-refractivity contribution in [3.05, 3.63) is 54.1 Å². The predicted octanol–water partition coefficient (Wildman–Crippen LogP) is 4.20. The number of nitrogens with one attached hydrogen (secondary N) is 1. The zero-order valence-electron chi connectivity index (χ0n) is 15.9. The van der Waals surface area contributed by atoms with Gasteiger partial charge in [-0.25, -0.2) is 0 Å². The largest absolute Gasteiger partial charge is 0.341 e. The number of carbonyl (C=O) groups excluding carboxylic acids is 2. The summed E-state index contributed by atoms with van der Waals surface area (Å²) in [5.41, 5.74) is 4.22. The second-order valence-corrected chi connectivity index (χ2v) is 7.92. The smallest absolute Gasteiger partial charge is 0.232 e. The molecule has 0 aliphatic carbocycles. The van der Waals surface area contributed by atoms with E-state index < -0.39 is 0 Å². The van der Waals surface area contributed by atoms with Gasteiger partial charge < -0.3 is 10.2 Å². The summed E-state index contributed by atoms with van der Waals surface area (Å²) < 4.78 is 0. The molecule has 4 nitrogen and oxygen atoms in total. The van der Waals surface area contributed by atoms with Gasteiger partial charge in [0.2, 0.25) is 11.8 Å². The minimum Gasteiger partial charge on any atom is -0.341 e. The highest BCUT2D eigenvalue weighted by atomic mass is 32.2. The van der Waals surface area contributed by atoms with Crippen molar-refractivity contribution in [3.8, 4) is 11.1 Å².